The van der Waals surface area contributed by atoms with Crippen LogP contribution in [0, 0.1) is 11.6 Å². The van der Waals surface area contributed by atoms with Crippen LogP contribution in [0.2, 0.25) is 0 Å². The highest BCUT2D eigenvalue weighted by Crippen LogP contribution is 2.50. The number of halogens is 2. The Morgan fingerprint density at radius 3 is 2.79 bits per heavy atom. The van der Waals surface area contributed by atoms with Gasteiger partial charge in [-0.2, -0.15) is 0 Å². The van der Waals surface area contributed by atoms with Crippen molar-refractivity contribution in [2.75, 3.05) is 18.1 Å². The number of pyridine rings is 1. The van der Waals surface area contributed by atoms with Gasteiger partial charge >= 0.3 is 0 Å². The normalized spacial score (nSPS) is 23.2. The van der Waals surface area contributed by atoms with Crippen molar-refractivity contribution in [3.05, 3.63) is 74.3 Å². The summed E-state index contributed by atoms with van der Waals surface area (Å²) in [5.74, 6) is -2.45. The van der Waals surface area contributed by atoms with E-state index in [1.165, 1.54) is 16.9 Å². The summed E-state index contributed by atoms with van der Waals surface area (Å²) in [4.78, 5) is 42.9. The summed E-state index contributed by atoms with van der Waals surface area (Å²) in [6.07, 6.45) is 5.08. The maximum atomic E-state index is 14.2. The van der Waals surface area contributed by atoms with Crippen LogP contribution in [-0.2, 0) is 11.2 Å². The van der Waals surface area contributed by atoms with Crippen LogP contribution in [-0.4, -0.2) is 66.4 Å². The van der Waals surface area contributed by atoms with Gasteiger partial charge < -0.3 is 14.9 Å². The first-order valence-corrected chi connectivity index (χ1v) is 13.4. The summed E-state index contributed by atoms with van der Waals surface area (Å²) in [7, 11) is 0. The quantitative estimate of drug-likeness (QED) is 0.529. The summed E-state index contributed by atoms with van der Waals surface area (Å²) in [6, 6.07) is 3.26. The number of likely N-dealkylation sites (N-methyl/N-ethyl adjacent to an activating group) is 1. The van der Waals surface area contributed by atoms with Crippen molar-refractivity contribution in [1.29, 1.82) is 0 Å². The molecule has 4 aliphatic heterocycles. The van der Waals surface area contributed by atoms with Gasteiger partial charge in [0.25, 0.3) is 5.91 Å². The summed E-state index contributed by atoms with van der Waals surface area (Å²) >= 11 is 1.05. The number of aromatic hydroxyl groups is 1. The summed E-state index contributed by atoms with van der Waals surface area (Å²) < 4.78 is 28.9. The van der Waals surface area contributed by atoms with Crippen molar-refractivity contribution in [2.45, 2.75) is 44.3 Å². The molecule has 0 saturated carbocycles. The third-order valence-corrected chi connectivity index (χ3v) is 9.10. The van der Waals surface area contributed by atoms with E-state index >= 15 is 0 Å². The smallest absolute Gasteiger partial charge is 0.278 e. The SMILES string of the molecule is CCN1C(=O)c2c(O)c(=O)c(-c3nnc(Cc4ccc(F)cc4F)s3)cn2N2C=C3CN4C(=O)CCC4CC312. The van der Waals surface area contributed by atoms with Crippen molar-refractivity contribution in [3.63, 3.8) is 0 Å². The van der Waals surface area contributed by atoms with E-state index in [0.717, 1.165) is 29.0 Å². The number of carbonyl (C=O) groups excluding carboxylic acids is 2. The van der Waals surface area contributed by atoms with Gasteiger partial charge in [0.2, 0.25) is 11.3 Å². The zero-order valence-corrected chi connectivity index (χ0v) is 21.5. The van der Waals surface area contributed by atoms with Crippen LogP contribution in [0.15, 0.2) is 41.0 Å². The molecule has 6 heterocycles. The second-order valence-electron chi connectivity index (χ2n) is 10.1. The van der Waals surface area contributed by atoms with Crippen LogP contribution in [0.4, 0.5) is 8.78 Å². The fraction of sp³-hybridized carbons (Fsp3) is 0.346. The van der Waals surface area contributed by atoms with Crippen molar-refractivity contribution in [2.24, 2.45) is 0 Å². The molecule has 4 aliphatic rings. The molecule has 2 aromatic heterocycles. The van der Waals surface area contributed by atoms with Gasteiger partial charge in [-0.15, -0.1) is 10.2 Å². The van der Waals surface area contributed by atoms with Crippen molar-refractivity contribution in [1.82, 2.24) is 24.7 Å². The molecule has 39 heavy (non-hydrogen) atoms. The van der Waals surface area contributed by atoms with E-state index < -0.39 is 34.4 Å². The lowest BCUT2D eigenvalue weighted by Gasteiger charge is -2.64. The van der Waals surface area contributed by atoms with Crippen LogP contribution in [0.25, 0.3) is 10.6 Å². The monoisotopic (exact) mass is 552 g/mol. The van der Waals surface area contributed by atoms with Crippen LogP contribution in [0.5, 0.6) is 5.75 Å². The van der Waals surface area contributed by atoms with Gasteiger partial charge in [-0.05, 0) is 25.0 Å². The third kappa shape index (κ3) is 3.19. The van der Waals surface area contributed by atoms with E-state index in [2.05, 4.69) is 10.2 Å². The molecule has 13 heteroatoms. The minimum absolute atomic E-state index is 0.00845. The van der Waals surface area contributed by atoms with Crippen LogP contribution in [0.1, 0.15) is 47.2 Å². The van der Waals surface area contributed by atoms with E-state index in [1.807, 2.05) is 23.0 Å². The first kappa shape index (κ1) is 23.9. The predicted octanol–water partition coefficient (Wildman–Crippen LogP) is 2.34. The average Bonchev–Trinajstić information content (AvgIpc) is 3.50. The van der Waals surface area contributed by atoms with E-state index in [4.69, 9.17) is 0 Å². The molecule has 1 aromatic carbocycles. The second-order valence-corrected chi connectivity index (χ2v) is 11.2. The predicted molar refractivity (Wildman–Crippen MR) is 136 cm³/mol. The molecule has 2 fully saturated rings. The fourth-order valence-electron chi connectivity index (χ4n) is 6.29. The fourth-order valence-corrected chi connectivity index (χ4v) is 7.16. The highest BCUT2D eigenvalue weighted by Gasteiger charge is 2.62. The van der Waals surface area contributed by atoms with Crippen molar-refractivity contribution < 1.29 is 23.5 Å². The van der Waals surface area contributed by atoms with Crippen molar-refractivity contribution in [3.8, 4) is 16.3 Å². The van der Waals surface area contributed by atoms with Crippen LogP contribution >= 0.6 is 11.3 Å². The second kappa shape index (κ2) is 8.18. The summed E-state index contributed by atoms with van der Waals surface area (Å²) in [5, 5.41) is 21.6. The first-order chi connectivity index (χ1) is 18.7. The van der Waals surface area contributed by atoms with E-state index in [0.29, 0.717) is 37.4 Å². The number of rotatable bonds is 4. The number of fused-ring (bicyclic) bond motifs is 3. The molecule has 10 nitrogen and oxygen atoms in total. The molecule has 0 bridgehead atoms. The molecule has 200 valence electrons. The van der Waals surface area contributed by atoms with Gasteiger partial charge in [0.15, 0.2) is 22.1 Å². The molecular formula is C26H22F2N6O4S. The number of carbonyl (C=O) groups is 2. The molecule has 0 radical (unpaired) electrons. The topological polar surface area (TPSA) is 112 Å². The van der Waals surface area contributed by atoms with E-state index in [9.17, 15) is 28.3 Å². The van der Waals surface area contributed by atoms with Gasteiger partial charge in [0.05, 0.1) is 5.56 Å². The maximum Gasteiger partial charge on any atom is 0.278 e. The molecule has 2 amide bonds. The minimum atomic E-state index is -0.796. The standard InChI is InChI=1S/C26H22F2N6O4S/c1-2-32-25(38)21-23(37)22(36)17(24-30-29-19(39-24)7-13-3-4-15(27)8-18(13)28)12-33(21)34-11-14-10-31-16(5-6-20(31)35)9-26(14,32)34/h3-4,8,11-12,16,37H,2,5-7,9-10H2,1H3. The number of benzene rings is 1. The Labute approximate surface area is 224 Å². The lowest BCUT2D eigenvalue weighted by Crippen LogP contribution is -2.78. The summed E-state index contributed by atoms with van der Waals surface area (Å²) in [5.41, 5.74) is -0.508. The highest BCUT2D eigenvalue weighted by molar-refractivity contribution is 7.14. The Morgan fingerprint density at radius 2 is 2.03 bits per heavy atom. The zero-order valence-electron chi connectivity index (χ0n) is 20.7. The largest absolute Gasteiger partial charge is 0.502 e. The molecule has 1 spiro atoms. The van der Waals surface area contributed by atoms with E-state index in [-0.39, 0.29) is 40.2 Å². The minimum Gasteiger partial charge on any atom is -0.502 e. The van der Waals surface area contributed by atoms with Gasteiger partial charge in [-0.3, -0.25) is 19.4 Å². The van der Waals surface area contributed by atoms with E-state index in [1.54, 1.807) is 4.90 Å². The maximum absolute atomic E-state index is 14.2. The molecule has 3 aromatic rings. The molecule has 1 N–H and O–H groups in total. The van der Waals surface area contributed by atoms with Gasteiger partial charge in [-0.1, -0.05) is 17.4 Å². The summed E-state index contributed by atoms with van der Waals surface area (Å²) in [6.45, 7) is 2.62. The Morgan fingerprint density at radius 1 is 1.21 bits per heavy atom. The Kier molecular flexibility index (Phi) is 5.03. The third-order valence-electron chi connectivity index (χ3n) is 8.15. The molecule has 2 atom stereocenters. The lowest BCUT2D eigenvalue weighted by molar-refractivity contribution is -0.130. The Bertz CT molecular complexity index is 1680. The molecule has 2 saturated heterocycles. The Balaban J connectivity index is 1.30. The van der Waals surface area contributed by atoms with Gasteiger partial charge in [0, 0.05) is 62.4 Å². The number of piperidine rings is 1. The number of hydrogen-bond donors (Lipinski definition) is 1. The zero-order chi connectivity index (χ0) is 27.2. The highest BCUT2D eigenvalue weighted by atomic mass is 32.1. The molecular weight excluding hydrogens is 530 g/mol. The van der Waals surface area contributed by atoms with Gasteiger partial charge in [-0.25, -0.2) is 13.5 Å². The molecule has 0 aliphatic carbocycles. The average molecular weight is 553 g/mol. The number of aromatic nitrogens is 3. The first-order valence-electron chi connectivity index (χ1n) is 12.6. The van der Waals surface area contributed by atoms with Crippen molar-refractivity contribution >= 4 is 23.2 Å². The lowest BCUT2D eigenvalue weighted by atomic mass is 9.79. The molecule has 7 rings (SSSR count). The van der Waals surface area contributed by atoms with Gasteiger partial charge in [0.1, 0.15) is 16.6 Å². The number of hydrogen-bond acceptors (Lipinski definition) is 8. The number of nitrogens with zero attached hydrogens (tertiary/aromatic N) is 6. The molecule has 2 unspecified atom stereocenters. The van der Waals surface area contributed by atoms with Crippen LogP contribution < -0.4 is 10.4 Å². The Hall–Kier alpha value is -4.13. The van der Waals surface area contributed by atoms with Crippen LogP contribution in [0.3, 0.4) is 0 Å². The number of amides is 2.